The first-order valence-electron chi connectivity index (χ1n) is 14.1. The van der Waals surface area contributed by atoms with Crippen molar-refractivity contribution >= 4 is 41.2 Å². The van der Waals surface area contributed by atoms with Gasteiger partial charge in [0.1, 0.15) is 17.3 Å². The molecule has 2 bridgehead atoms. The molecule has 3 aliphatic heterocycles. The summed E-state index contributed by atoms with van der Waals surface area (Å²) in [6.07, 6.45) is 2.31. The molecule has 5 amide bonds. The van der Waals surface area contributed by atoms with Gasteiger partial charge in [0.05, 0.1) is 17.6 Å². The van der Waals surface area contributed by atoms with Crippen LogP contribution < -0.4 is 16.0 Å². The number of rotatable bonds is 6. The molecule has 1 atom stereocenters. The molecule has 3 fully saturated rings. The Kier molecular flexibility index (Phi) is 8.02. The summed E-state index contributed by atoms with van der Waals surface area (Å²) in [7, 11) is 2.84. The molecule has 0 radical (unpaired) electrons. The number of aromatic nitrogens is 1. The number of Topliss-reactive ketones (excluding diaryl/α,β-unsaturated/α-hetero) is 1. The van der Waals surface area contributed by atoms with Gasteiger partial charge >= 0.3 is 11.8 Å². The lowest BCUT2D eigenvalue weighted by Gasteiger charge is -2.42. The van der Waals surface area contributed by atoms with E-state index in [1.54, 1.807) is 31.2 Å². The summed E-state index contributed by atoms with van der Waals surface area (Å²) < 4.78 is 13.7. The number of carbonyl (C=O) groups excluding carboxylic acids is 6. The summed E-state index contributed by atoms with van der Waals surface area (Å²) in [4.78, 5) is 89.6. The number of aryl methyl sites for hydroxylation is 1. The Hall–Kier alpha value is -5.01. The molecule has 1 aliphatic carbocycles. The van der Waals surface area contributed by atoms with Crippen LogP contribution in [0.5, 0.6) is 0 Å². The number of likely N-dealkylation sites (N-methyl/N-ethyl adjacent to an activating group) is 1. The van der Waals surface area contributed by atoms with Crippen molar-refractivity contribution < 1.29 is 33.2 Å². The Morgan fingerprint density at radius 3 is 2.41 bits per heavy atom. The Morgan fingerprint density at radius 2 is 1.77 bits per heavy atom. The van der Waals surface area contributed by atoms with Crippen molar-refractivity contribution in [2.45, 2.75) is 56.3 Å². The molecular formula is C30H32FN7O6. The highest BCUT2D eigenvalue weighted by atomic mass is 19.1. The molecule has 14 heteroatoms. The predicted molar refractivity (Wildman–Crippen MR) is 153 cm³/mol. The van der Waals surface area contributed by atoms with Gasteiger partial charge in [-0.25, -0.2) is 9.38 Å². The second kappa shape index (κ2) is 11.6. The van der Waals surface area contributed by atoms with Crippen molar-refractivity contribution in [3.8, 4) is 0 Å². The first kappa shape index (κ1) is 30.4. The molecule has 13 nitrogen and oxygen atoms in total. The van der Waals surface area contributed by atoms with E-state index in [9.17, 15) is 33.2 Å². The number of amidine groups is 1. The van der Waals surface area contributed by atoms with E-state index in [2.05, 4.69) is 25.9 Å². The largest absolute Gasteiger partial charge is 0.350 e. The van der Waals surface area contributed by atoms with Gasteiger partial charge in [-0.2, -0.15) is 0 Å². The molecule has 4 aliphatic rings. The Labute approximate surface area is 252 Å². The van der Waals surface area contributed by atoms with Crippen LogP contribution in [0.1, 0.15) is 47.3 Å². The van der Waals surface area contributed by atoms with Crippen LogP contribution >= 0.6 is 0 Å². The van der Waals surface area contributed by atoms with Gasteiger partial charge in [-0.3, -0.25) is 38.7 Å². The standard InChI is InChI=1S/C30H32FN7O6/c1-17-14-18(7-8-19(17)31)15-33-24(41)21-22(39)26(43)38-16-29(35-23(40)20-6-4-5-13-32-20)9-11-30(12-10-29,28(38)34-21)36-25(42)27(44)37(2)3/h4-8,13-14,21H,9-12,15-16H2,1-3H3,(H,33,41)(H,35,40)(H,36,42). The molecule has 1 saturated carbocycles. The third-order valence-electron chi connectivity index (χ3n) is 8.33. The van der Waals surface area contributed by atoms with Crippen molar-refractivity contribution in [3.63, 3.8) is 0 Å². The monoisotopic (exact) mass is 605 g/mol. The molecule has 0 spiro atoms. The van der Waals surface area contributed by atoms with Gasteiger partial charge in [0.2, 0.25) is 0 Å². The highest BCUT2D eigenvalue weighted by Crippen LogP contribution is 2.42. The van der Waals surface area contributed by atoms with Crippen LogP contribution in [0.2, 0.25) is 0 Å². The molecule has 1 aromatic heterocycles. The first-order chi connectivity index (χ1) is 20.8. The maximum atomic E-state index is 13.7. The fourth-order valence-electron chi connectivity index (χ4n) is 5.87. The zero-order valence-corrected chi connectivity index (χ0v) is 24.5. The minimum Gasteiger partial charge on any atom is -0.350 e. The lowest BCUT2D eigenvalue weighted by atomic mass is 9.73. The average Bonchev–Trinajstić information content (AvgIpc) is 3.22. The number of carbonyl (C=O) groups is 6. The topological polar surface area (TPSA) is 170 Å². The third-order valence-corrected chi connectivity index (χ3v) is 8.33. The van der Waals surface area contributed by atoms with E-state index in [1.165, 1.54) is 32.4 Å². The molecule has 3 N–H and O–H groups in total. The fourth-order valence-corrected chi connectivity index (χ4v) is 5.87. The van der Waals surface area contributed by atoms with Crippen LogP contribution in [0, 0.1) is 12.7 Å². The SMILES string of the molecule is Cc1cc(CNC(=O)C2N=C3N(CC4(NC(=O)c5ccccn5)CCC3(NC(=O)C(=O)N(C)C)CC4)C(=O)C2=O)ccc1F. The second-order valence-corrected chi connectivity index (χ2v) is 11.6. The minimum absolute atomic E-state index is 0.0220. The van der Waals surface area contributed by atoms with Crippen molar-refractivity contribution in [2.24, 2.45) is 4.99 Å². The summed E-state index contributed by atoms with van der Waals surface area (Å²) in [5.41, 5.74) is -1.26. The van der Waals surface area contributed by atoms with Crippen LogP contribution in [0.25, 0.3) is 0 Å². The zero-order chi connectivity index (χ0) is 31.8. The van der Waals surface area contributed by atoms with Crippen molar-refractivity contribution in [1.82, 2.24) is 30.7 Å². The summed E-state index contributed by atoms with van der Waals surface area (Å²) in [6, 6.07) is 7.42. The summed E-state index contributed by atoms with van der Waals surface area (Å²) in [5.74, 6) is -5.64. The number of ketones is 1. The number of hydrogen-bond acceptors (Lipinski definition) is 8. The van der Waals surface area contributed by atoms with Gasteiger partial charge in [-0.1, -0.05) is 18.2 Å². The Bertz CT molecular complexity index is 1580. The van der Waals surface area contributed by atoms with E-state index in [4.69, 9.17) is 0 Å². The molecular weight excluding hydrogens is 573 g/mol. The molecule has 2 saturated heterocycles. The predicted octanol–water partition coefficient (Wildman–Crippen LogP) is 0.0233. The molecule has 6 rings (SSSR count). The maximum absolute atomic E-state index is 13.7. The van der Waals surface area contributed by atoms with Gasteiger partial charge in [0.25, 0.3) is 23.5 Å². The summed E-state index contributed by atoms with van der Waals surface area (Å²) >= 11 is 0. The van der Waals surface area contributed by atoms with Crippen LogP contribution in [0.4, 0.5) is 4.39 Å². The van der Waals surface area contributed by atoms with Crippen molar-refractivity contribution in [1.29, 1.82) is 0 Å². The minimum atomic E-state index is -1.75. The smallest absolute Gasteiger partial charge is 0.311 e. The quantitative estimate of drug-likeness (QED) is 0.308. The second-order valence-electron chi connectivity index (χ2n) is 11.6. The fraction of sp³-hybridized carbons (Fsp3) is 0.400. The normalized spacial score (nSPS) is 24.0. The summed E-state index contributed by atoms with van der Waals surface area (Å²) in [6.45, 7) is 1.39. The van der Waals surface area contributed by atoms with Gasteiger partial charge in [-0.05, 0) is 61.9 Å². The Morgan fingerprint density at radius 1 is 1.05 bits per heavy atom. The van der Waals surface area contributed by atoms with E-state index >= 15 is 0 Å². The number of nitrogens with one attached hydrogen (secondary N) is 3. The number of amides is 5. The highest BCUT2D eigenvalue weighted by Gasteiger charge is 2.58. The van der Waals surface area contributed by atoms with Crippen molar-refractivity contribution in [2.75, 3.05) is 20.6 Å². The van der Waals surface area contributed by atoms with E-state index < -0.39 is 58.3 Å². The third kappa shape index (κ3) is 5.66. The molecule has 1 unspecified atom stereocenters. The number of hydrogen-bond donors (Lipinski definition) is 3. The molecule has 4 heterocycles. The van der Waals surface area contributed by atoms with Crippen LogP contribution in [-0.4, -0.2) is 93.7 Å². The van der Waals surface area contributed by atoms with Gasteiger partial charge in [-0.15, -0.1) is 0 Å². The highest BCUT2D eigenvalue weighted by molar-refractivity contribution is 6.46. The van der Waals surface area contributed by atoms with Crippen molar-refractivity contribution in [3.05, 3.63) is 65.2 Å². The number of pyridine rings is 1. The van der Waals surface area contributed by atoms with E-state index in [0.717, 1.165) is 9.80 Å². The maximum Gasteiger partial charge on any atom is 0.311 e. The van der Waals surface area contributed by atoms with E-state index in [0.29, 0.717) is 11.1 Å². The molecule has 44 heavy (non-hydrogen) atoms. The molecule has 230 valence electrons. The molecule has 2 aromatic rings. The summed E-state index contributed by atoms with van der Waals surface area (Å²) in [5, 5.41) is 8.32. The Balaban J connectivity index is 1.48. The van der Waals surface area contributed by atoms with Crippen LogP contribution in [0.3, 0.4) is 0 Å². The number of benzene rings is 1. The van der Waals surface area contributed by atoms with E-state index in [-0.39, 0.29) is 50.3 Å². The molecule has 1 aromatic carbocycles. The van der Waals surface area contributed by atoms with Gasteiger partial charge in [0.15, 0.2) is 6.04 Å². The number of halogens is 1. The van der Waals surface area contributed by atoms with Crippen LogP contribution in [-0.2, 0) is 30.5 Å². The van der Waals surface area contributed by atoms with Gasteiger partial charge in [0, 0.05) is 26.8 Å². The number of aliphatic imine (C=N–C) groups is 1. The average molecular weight is 606 g/mol. The number of fused-ring (bicyclic) bond motifs is 2. The number of nitrogens with zero attached hydrogens (tertiary/aromatic N) is 4. The van der Waals surface area contributed by atoms with Crippen LogP contribution in [0.15, 0.2) is 47.6 Å². The lowest BCUT2D eigenvalue weighted by molar-refractivity contribution is -0.146. The van der Waals surface area contributed by atoms with E-state index in [1.807, 2.05) is 0 Å². The van der Waals surface area contributed by atoms with Gasteiger partial charge < -0.3 is 20.9 Å². The lowest BCUT2D eigenvalue weighted by Crippen LogP contribution is -2.65. The first-order valence-corrected chi connectivity index (χ1v) is 14.1. The zero-order valence-electron chi connectivity index (χ0n) is 24.5.